The number of carbonyl (C=O) groups excluding carboxylic acids is 2. The van der Waals surface area contributed by atoms with Crippen molar-refractivity contribution in [2.45, 2.75) is 57.6 Å². The van der Waals surface area contributed by atoms with Crippen molar-refractivity contribution in [3.63, 3.8) is 0 Å². The Hall–Kier alpha value is -3.87. The van der Waals surface area contributed by atoms with Crippen molar-refractivity contribution in [1.29, 1.82) is 0 Å². The lowest BCUT2D eigenvalue weighted by Crippen LogP contribution is -2.54. The molecule has 0 aromatic heterocycles. The molecule has 0 saturated heterocycles. The van der Waals surface area contributed by atoms with E-state index < -0.39 is 55.5 Å². The zero-order valence-corrected chi connectivity index (χ0v) is 27.5. The fourth-order valence-corrected chi connectivity index (χ4v) is 6.15. The molecule has 1 atom stereocenters. The van der Waals surface area contributed by atoms with E-state index in [0.717, 1.165) is 10.4 Å². The van der Waals surface area contributed by atoms with E-state index in [4.69, 9.17) is 27.9 Å². The molecule has 0 saturated carbocycles. The van der Waals surface area contributed by atoms with Crippen LogP contribution in [0.2, 0.25) is 10.0 Å². The summed E-state index contributed by atoms with van der Waals surface area (Å²) in [7, 11) is -3.32. The number of nitro groups is 1. The number of anilines is 1. The number of sulfonamides is 1. The van der Waals surface area contributed by atoms with Gasteiger partial charge >= 0.3 is 0 Å². The third-order valence-corrected chi connectivity index (χ3v) is 8.79. The summed E-state index contributed by atoms with van der Waals surface area (Å²) in [6, 6.07) is 13.4. The number of nitro benzene ring substituents is 1. The number of amides is 2. The van der Waals surface area contributed by atoms with E-state index in [1.54, 1.807) is 45.0 Å². The topological polar surface area (TPSA) is 139 Å². The number of hydrogen-bond donors (Lipinski definition) is 1. The van der Waals surface area contributed by atoms with Gasteiger partial charge in [-0.2, -0.15) is 0 Å². The molecule has 236 valence electrons. The summed E-state index contributed by atoms with van der Waals surface area (Å²) in [6.07, 6.45) is 0. The van der Waals surface area contributed by atoms with Crippen molar-refractivity contribution in [3.05, 3.63) is 92.0 Å². The highest BCUT2D eigenvalue weighted by Crippen LogP contribution is 2.36. The van der Waals surface area contributed by atoms with Crippen molar-refractivity contribution in [3.8, 4) is 5.75 Å². The number of hydrogen-bond acceptors (Lipinski definition) is 7. The van der Waals surface area contributed by atoms with Gasteiger partial charge in [-0.1, -0.05) is 41.4 Å². The van der Waals surface area contributed by atoms with E-state index in [9.17, 15) is 28.1 Å². The van der Waals surface area contributed by atoms with E-state index in [2.05, 4.69) is 5.32 Å². The largest absolute Gasteiger partial charge is 0.495 e. The van der Waals surface area contributed by atoms with Crippen molar-refractivity contribution >= 4 is 56.4 Å². The molecule has 0 spiro atoms. The fraction of sp³-hybridized carbons (Fsp3) is 0.333. The predicted octanol–water partition coefficient (Wildman–Crippen LogP) is 5.75. The Labute approximate surface area is 266 Å². The minimum Gasteiger partial charge on any atom is -0.495 e. The highest BCUT2D eigenvalue weighted by Gasteiger charge is 2.35. The van der Waals surface area contributed by atoms with Crippen LogP contribution < -0.4 is 14.4 Å². The molecular weight excluding hydrogens is 631 g/mol. The molecule has 0 aliphatic carbocycles. The number of nitrogens with one attached hydrogen (secondary N) is 1. The first kappa shape index (κ1) is 34.6. The lowest BCUT2D eigenvalue weighted by molar-refractivity contribution is -0.385. The predicted molar refractivity (Wildman–Crippen MR) is 170 cm³/mol. The van der Waals surface area contributed by atoms with Gasteiger partial charge in [-0.05, 0) is 76.6 Å². The lowest BCUT2D eigenvalue weighted by atomic mass is 10.1. The van der Waals surface area contributed by atoms with Gasteiger partial charge in [0.2, 0.25) is 11.8 Å². The normalized spacial score (nSPS) is 12.3. The molecule has 14 heteroatoms. The second kappa shape index (κ2) is 13.8. The smallest absolute Gasteiger partial charge is 0.273 e. The Kier molecular flexibility index (Phi) is 10.9. The van der Waals surface area contributed by atoms with Crippen molar-refractivity contribution < 1.29 is 27.7 Å². The molecule has 0 aliphatic heterocycles. The monoisotopic (exact) mass is 664 g/mol. The van der Waals surface area contributed by atoms with Crippen molar-refractivity contribution in [2.75, 3.05) is 18.0 Å². The van der Waals surface area contributed by atoms with E-state index >= 15 is 0 Å². The summed E-state index contributed by atoms with van der Waals surface area (Å²) < 4.78 is 34.6. The molecule has 3 aromatic rings. The Morgan fingerprint density at radius 2 is 1.70 bits per heavy atom. The van der Waals surface area contributed by atoms with Gasteiger partial charge < -0.3 is 15.0 Å². The van der Waals surface area contributed by atoms with Gasteiger partial charge in [-0.15, -0.1) is 0 Å². The standard InChI is InChI=1S/C30H34Cl2N4O7S/c1-19-10-12-24(16-25(19)36(39)40)44(41,42)35(26-15-23(32)11-13-27(26)43-6)18-28(37)34(17-21-8-7-9-22(31)14-21)20(2)29(38)33-30(3,4)5/h7-16,20H,17-18H2,1-6H3,(H,33,38). The van der Waals surface area contributed by atoms with Crippen LogP contribution in [0.5, 0.6) is 5.75 Å². The zero-order chi connectivity index (χ0) is 33.0. The average Bonchev–Trinajstić information content (AvgIpc) is 2.93. The van der Waals surface area contributed by atoms with Gasteiger partial charge in [0.1, 0.15) is 18.3 Å². The summed E-state index contributed by atoms with van der Waals surface area (Å²) in [4.78, 5) is 39.2. The number of halogens is 2. The summed E-state index contributed by atoms with van der Waals surface area (Å²) in [5.41, 5.74) is -0.246. The van der Waals surface area contributed by atoms with Crippen molar-refractivity contribution in [2.24, 2.45) is 0 Å². The maximum Gasteiger partial charge on any atom is 0.273 e. The number of methoxy groups -OCH3 is 1. The number of aryl methyl sites for hydroxylation is 1. The van der Waals surface area contributed by atoms with Crippen LogP contribution in [0.1, 0.15) is 38.8 Å². The van der Waals surface area contributed by atoms with Crippen LogP contribution in [0, 0.1) is 17.0 Å². The first-order valence-electron chi connectivity index (χ1n) is 13.4. The molecule has 11 nitrogen and oxygen atoms in total. The van der Waals surface area contributed by atoms with E-state index in [-0.39, 0.29) is 28.6 Å². The van der Waals surface area contributed by atoms with Crippen LogP contribution in [-0.2, 0) is 26.2 Å². The van der Waals surface area contributed by atoms with Crippen LogP contribution in [0.25, 0.3) is 0 Å². The maximum atomic E-state index is 14.2. The van der Waals surface area contributed by atoms with E-state index in [0.29, 0.717) is 10.6 Å². The van der Waals surface area contributed by atoms with E-state index in [1.807, 2.05) is 0 Å². The quantitative estimate of drug-likeness (QED) is 0.203. The second-order valence-corrected chi connectivity index (χ2v) is 13.8. The number of nitrogens with zero attached hydrogens (tertiary/aromatic N) is 3. The summed E-state index contributed by atoms with van der Waals surface area (Å²) >= 11 is 12.4. The van der Waals surface area contributed by atoms with Crippen LogP contribution in [0.15, 0.2) is 65.6 Å². The van der Waals surface area contributed by atoms with Crippen molar-refractivity contribution in [1.82, 2.24) is 10.2 Å². The molecule has 0 aliphatic rings. The van der Waals surface area contributed by atoms with Gasteiger partial charge in [-0.25, -0.2) is 8.42 Å². The van der Waals surface area contributed by atoms with Crippen LogP contribution in [0.3, 0.4) is 0 Å². The molecule has 1 unspecified atom stereocenters. The second-order valence-electron chi connectivity index (χ2n) is 11.1. The minimum atomic E-state index is -4.64. The molecule has 0 fully saturated rings. The fourth-order valence-electron chi connectivity index (χ4n) is 4.33. The Bertz CT molecular complexity index is 1680. The molecule has 2 amide bonds. The highest BCUT2D eigenvalue weighted by molar-refractivity contribution is 7.92. The molecule has 0 radical (unpaired) electrons. The molecular formula is C30H34Cl2N4O7S. The number of benzene rings is 3. The maximum absolute atomic E-state index is 14.2. The van der Waals surface area contributed by atoms with Gasteiger partial charge in [0.05, 0.1) is 22.6 Å². The van der Waals surface area contributed by atoms with Crippen LogP contribution in [-0.4, -0.2) is 55.3 Å². The Morgan fingerprint density at radius 1 is 1.05 bits per heavy atom. The SMILES string of the molecule is COc1ccc(Cl)cc1N(CC(=O)N(Cc1cccc(Cl)c1)C(C)C(=O)NC(C)(C)C)S(=O)(=O)c1ccc(C)c([N+](=O)[O-])c1. The van der Waals surface area contributed by atoms with Gasteiger partial charge in [0, 0.05) is 33.8 Å². The third kappa shape index (κ3) is 8.40. The summed E-state index contributed by atoms with van der Waals surface area (Å²) in [6.45, 7) is 7.52. The first-order chi connectivity index (χ1) is 20.4. The van der Waals surface area contributed by atoms with Gasteiger partial charge in [0.25, 0.3) is 15.7 Å². The molecule has 3 aromatic carbocycles. The lowest BCUT2D eigenvalue weighted by Gasteiger charge is -2.33. The first-order valence-corrected chi connectivity index (χ1v) is 15.6. The highest BCUT2D eigenvalue weighted by atomic mass is 35.5. The molecule has 1 N–H and O–H groups in total. The number of carbonyl (C=O) groups is 2. The minimum absolute atomic E-state index is 0.0747. The average molecular weight is 666 g/mol. The summed E-state index contributed by atoms with van der Waals surface area (Å²) in [5, 5.41) is 15.1. The molecule has 3 rings (SSSR count). The Morgan fingerprint density at radius 3 is 2.30 bits per heavy atom. The van der Waals surface area contributed by atoms with Crippen LogP contribution >= 0.6 is 23.2 Å². The third-order valence-electron chi connectivity index (χ3n) is 6.56. The van der Waals surface area contributed by atoms with Gasteiger partial charge in [0.15, 0.2) is 0 Å². The number of ether oxygens (including phenoxy) is 1. The summed E-state index contributed by atoms with van der Waals surface area (Å²) in [5.74, 6) is -1.13. The Balaban J connectivity index is 2.17. The molecule has 0 heterocycles. The van der Waals surface area contributed by atoms with Gasteiger partial charge in [-0.3, -0.25) is 24.0 Å². The van der Waals surface area contributed by atoms with Crippen LogP contribution in [0.4, 0.5) is 11.4 Å². The molecule has 44 heavy (non-hydrogen) atoms. The van der Waals surface area contributed by atoms with E-state index in [1.165, 1.54) is 56.2 Å². The molecule has 0 bridgehead atoms. The number of rotatable bonds is 11. The zero-order valence-electron chi connectivity index (χ0n) is 25.1.